The number of carboxylic acids is 1. The van der Waals surface area contributed by atoms with Gasteiger partial charge in [-0.05, 0) is 18.6 Å². The van der Waals surface area contributed by atoms with Gasteiger partial charge in [0.05, 0.1) is 5.92 Å². The monoisotopic (exact) mass is 261 g/mol. The lowest BCUT2D eigenvalue weighted by atomic mass is 10.2. The van der Waals surface area contributed by atoms with Crippen molar-refractivity contribution in [2.75, 3.05) is 6.54 Å². The van der Waals surface area contributed by atoms with Crippen LogP contribution in [0, 0.1) is 12.8 Å². The molecule has 0 spiro atoms. The van der Waals surface area contributed by atoms with Gasteiger partial charge in [0.1, 0.15) is 5.58 Å². The van der Waals surface area contributed by atoms with E-state index >= 15 is 0 Å². The molecule has 5 heteroatoms. The minimum absolute atomic E-state index is 0.0736. The smallest absolute Gasteiger partial charge is 0.308 e. The first-order chi connectivity index (χ1) is 8.99. The molecule has 5 nitrogen and oxygen atoms in total. The summed E-state index contributed by atoms with van der Waals surface area (Å²) in [5.41, 5.74) is 1.63. The SMILES string of the molecule is Cc1cccc2cc(C(=O)NCC(C)C(=O)O)oc12. The minimum atomic E-state index is -0.944. The van der Waals surface area contributed by atoms with Gasteiger partial charge in [-0.25, -0.2) is 0 Å². The number of nitrogens with one attached hydrogen (secondary N) is 1. The molecule has 1 heterocycles. The molecular formula is C14H15NO4. The van der Waals surface area contributed by atoms with Crippen LogP contribution in [0.3, 0.4) is 0 Å². The van der Waals surface area contributed by atoms with E-state index in [2.05, 4.69) is 5.32 Å². The second kappa shape index (κ2) is 5.14. The molecule has 1 amide bonds. The van der Waals surface area contributed by atoms with Gasteiger partial charge in [-0.15, -0.1) is 0 Å². The molecule has 19 heavy (non-hydrogen) atoms. The summed E-state index contributed by atoms with van der Waals surface area (Å²) in [7, 11) is 0. The lowest BCUT2D eigenvalue weighted by molar-refractivity contribution is -0.140. The number of carbonyl (C=O) groups excluding carboxylic acids is 1. The number of hydrogen-bond donors (Lipinski definition) is 2. The maximum Gasteiger partial charge on any atom is 0.308 e. The van der Waals surface area contributed by atoms with Gasteiger partial charge < -0.3 is 14.8 Å². The Hall–Kier alpha value is -2.30. The van der Waals surface area contributed by atoms with Crippen LogP contribution in [0.2, 0.25) is 0 Å². The molecule has 0 bridgehead atoms. The molecule has 1 atom stereocenters. The standard InChI is InChI=1S/C14H15NO4/c1-8-4-3-5-10-6-11(19-12(8)10)13(16)15-7-9(2)14(17)18/h3-6,9H,7H2,1-2H3,(H,15,16)(H,17,18). The van der Waals surface area contributed by atoms with Crippen LogP contribution in [0.1, 0.15) is 23.0 Å². The van der Waals surface area contributed by atoms with Gasteiger partial charge in [0.15, 0.2) is 5.76 Å². The van der Waals surface area contributed by atoms with E-state index in [1.54, 1.807) is 6.07 Å². The molecule has 0 aliphatic carbocycles. The van der Waals surface area contributed by atoms with Crippen molar-refractivity contribution in [3.05, 3.63) is 35.6 Å². The molecule has 1 aromatic heterocycles. The van der Waals surface area contributed by atoms with Gasteiger partial charge in [-0.3, -0.25) is 9.59 Å². The van der Waals surface area contributed by atoms with Crippen molar-refractivity contribution < 1.29 is 19.1 Å². The lowest BCUT2D eigenvalue weighted by Gasteiger charge is -2.06. The summed E-state index contributed by atoms with van der Waals surface area (Å²) in [4.78, 5) is 22.5. The van der Waals surface area contributed by atoms with Crippen molar-refractivity contribution in [3.63, 3.8) is 0 Å². The Kier molecular flexibility index (Phi) is 3.55. The van der Waals surface area contributed by atoms with Crippen molar-refractivity contribution in [1.29, 1.82) is 0 Å². The van der Waals surface area contributed by atoms with E-state index in [-0.39, 0.29) is 12.3 Å². The highest BCUT2D eigenvalue weighted by Crippen LogP contribution is 2.22. The fraction of sp³-hybridized carbons (Fsp3) is 0.286. The fourth-order valence-electron chi connectivity index (χ4n) is 1.74. The van der Waals surface area contributed by atoms with Crippen LogP contribution in [0.15, 0.2) is 28.7 Å². The Labute approximate surface area is 110 Å². The number of carboxylic acid groups (broad SMARTS) is 1. The average molecular weight is 261 g/mol. The van der Waals surface area contributed by atoms with Gasteiger partial charge in [0.25, 0.3) is 5.91 Å². The number of fused-ring (bicyclic) bond motifs is 1. The highest BCUT2D eigenvalue weighted by atomic mass is 16.4. The van der Waals surface area contributed by atoms with Crippen LogP contribution in [0.4, 0.5) is 0 Å². The molecule has 1 unspecified atom stereocenters. The molecule has 2 N–H and O–H groups in total. The van der Waals surface area contributed by atoms with E-state index in [0.717, 1.165) is 10.9 Å². The lowest BCUT2D eigenvalue weighted by Crippen LogP contribution is -2.31. The maximum absolute atomic E-state index is 11.9. The van der Waals surface area contributed by atoms with Gasteiger partial charge >= 0.3 is 5.97 Å². The number of benzene rings is 1. The molecule has 0 fully saturated rings. The summed E-state index contributed by atoms with van der Waals surface area (Å²) in [5.74, 6) is -1.78. The number of amides is 1. The molecule has 0 saturated heterocycles. The number of aliphatic carboxylic acids is 1. The molecule has 0 saturated carbocycles. The molecule has 100 valence electrons. The Morgan fingerprint density at radius 1 is 1.42 bits per heavy atom. The zero-order valence-corrected chi connectivity index (χ0v) is 10.8. The number of rotatable bonds is 4. The first-order valence-electron chi connectivity index (χ1n) is 5.99. The molecule has 1 aromatic carbocycles. The van der Waals surface area contributed by atoms with Gasteiger partial charge in [0.2, 0.25) is 0 Å². The van der Waals surface area contributed by atoms with Crippen LogP contribution in [0.25, 0.3) is 11.0 Å². The Morgan fingerprint density at radius 2 is 2.16 bits per heavy atom. The van der Waals surface area contributed by atoms with E-state index in [4.69, 9.17) is 9.52 Å². The Morgan fingerprint density at radius 3 is 2.79 bits per heavy atom. The second-order valence-corrected chi connectivity index (χ2v) is 4.55. The highest BCUT2D eigenvalue weighted by Gasteiger charge is 2.16. The largest absolute Gasteiger partial charge is 0.481 e. The predicted octanol–water partition coefficient (Wildman–Crippen LogP) is 2.19. The number of carbonyl (C=O) groups is 2. The third-order valence-electron chi connectivity index (χ3n) is 2.96. The Balaban J connectivity index is 2.14. The van der Waals surface area contributed by atoms with Crippen molar-refractivity contribution in [1.82, 2.24) is 5.32 Å². The second-order valence-electron chi connectivity index (χ2n) is 4.55. The molecule has 0 aliphatic heterocycles. The predicted molar refractivity (Wildman–Crippen MR) is 70.1 cm³/mol. The first kappa shape index (κ1) is 13.1. The number of para-hydroxylation sites is 1. The third kappa shape index (κ3) is 2.76. The minimum Gasteiger partial charge on any atom is -0.481 e. The van der Waals surface area contributed by atoms with Crippen LogP contribution in [-0.2, 0) is 4.79 Å². The van der Waals surface area contributed by atoms with E-state index in [1.165, 1.54) is 6.92 Å². The van der Waals surface area contributed by atoms with Gasteiger partial charge in [0, 0.05) is 11.9 Å². The summed E-state index contributed by atoms with van der Waals surface area (Å²) >= 11 is 0. The van der Waals surface area contributed by atoms with Gasteiger partial charge in [-0.2, -0.15) is 0 Å². The summed E-state index contributed by atoms with van der Waals surface area (Å²) in [6, 6.07) is 7.31. The normalized spacial score (nSPS) is 12.3. The zero-order chi connectivity index (χ0) is 14.0. The number of furan rings is 1. The first-order valence-corrected chi connectivity index (χ1v) is 5.99. The van der Waals surface area contributed by atoms with Crippen molar-refractivity contribution in [2.45, 2.75) is 13.8 Å². The summed E-state index contributed by atoms with van der Waals surface area (Å²) in [6.45, 7) is 3.51. The third-order valence-corrected chi connectivity index (χ3v) is 2.96. The molecule has 0 radical (unpaired) electrons. The molecule has 2 aromatic rings. The maximum atomic E-state index is 11.9. The van der Waals surface area contributed by atoms with Crippen molar-refractivity contribution in [3.8, 4) is 0 Å². The highest BCUT2D eigenvalue weighted by molar-refractivity contribution is 5.96. The van der Waals surface area contributed by atoms with Crippen LogP contribution >= 0.6 is 0 Å². The van der Waals surface area contributed by atoms with E-state index < -0.39 is 17.8 Å². The summed E-state index contributed by atoms with van der Waals surface area (Å²) in [6.07, 6.45) is 0. The van der Waals surface area contributed by atoms with Crippen LogP contribution in [0.5, 0.6) is 0 Å². The molecular weight excluding hydrogens is 246 g/mol. The topological polar surface area (TPSA) is 79.5 Å². The zero-order valence-electron chi connectivity index (χ0n) is 10.8. The average Bonchev–Trinajstić information content (AvgIpc) is 2.80. The molecule has 0 aliphatic rings. The van der Waals surface area contributed by atoms with Gasteiger partial charge in [-0.1, -0.05) is 25.1 Å². The number of aryl methyl sites for hydroxylation is 1. The molecule has 2 rings (SSSR count). The van der Waals surface area contributed by atoms with E-state index in [1.807, 2.05) is 25.1 Å². The number of hydrogen-bond acceptors (Lipinski definition) is 3. The fourth-order valence-corrected chi connectivity index (χ4v) is 1.74. The Bertz CT molecular complexity index is 629. The quantitative estimate of drug-likeness (QED) is 0.884. The summed E-state index contributed by atoms with van der Waals surface area (Å²) in [5, 5.41) is 12.1. The van der Waals surface area contributed by atoms with Crippen molar-refractivity contribution >= 4 is 22.8 Å². The van der Waals surface area contributed by atoms with Crippen LogP contribution in [-0.4, -0.2) is 23.5 Å². The van der Waals surface area contributed by atoms with Crippen molar-refractivity contribution in [2.24, 2.45) is 5.92 Å². The van der Waals surface area contributed by atoms with E-state index in [9.17, 15) is 9.59 Å². The summed E-state index contributed by atoms with van der Waals surface area (Å²) < 4.78 is 5.49. The van der Waals surface area contributed by atoms with Crippen LogP contribution < -0.4 is 5.32 Å². The van der Waals surface area contributed by atoms with E-state index in [0.29, 0.717) is 5.58 Å².